The van der Waals surface area contributed by atoms with Gasteiger partial charge in [-0.3, -0.25) is 14.4 Å². The van der Waals surface area contributed by atoms with Crippen molar-refractivity contribution in [3.8, 4) is 0 Å². The van der Waals surface area contributed by atoms with Crippen molar-refractivity contribution < 1.29 is 28.3 Å². The second kappa shape index (κ2) is 7.73. The van der Waals surface area contributed by atoms with E-state index in [1.165, 1.54) is 0 Å². The summed E-state index contributed by atoms with van der Waals surface area (Å²) in [7, 11) is -1.58. The van der Waals surface area contributed by atoms with Gasteiger partial charge in [-0.25, -0.2) is 0 Å². The molecule has 0 unspecified atom stereocenters. The van der Waals surface area contributed by atoms with Gasteiger partial charge in [-0.2, -0.15) is 0 Å². The molecule has 0 fully saturated rings. The molecule has 16 heavy (non-hydrogen) atoms. The molecular formula is C9H15BO6. The van der Waals surface area contributed by atoms with Gasteiger partial charge in [0, 0.05) is 19.3 Å². The predicted octanol–water partition coefficient (Wildman–Crippen LogP) is 0.831. The first-order valence-electron chi connectivity index (χ1n) is 5.11. The van der Waals surface area contributed by atoms with Crippen LogP contribution in [-0.2, 0) is 28.3 Å². The molecule has 0 heterocycles. The molecule has 0 aliphatic carbocycles. The van der Waals surface area contributed by atoms with Gasteiger partial charge in [0.15, 0.2) is 0 Å². The first-order chi connectivity index (χ1) is 7.53. The largest absolute Gasteiger partial charge is 0.870 e. The van der Waals surface area contributed by atoms with Gasteiger partial charge in [0.1, 0.15) is 0 Å². The molecule has 0 atom stereocenters. The van der Waals surface area contributed by atoms with Gasteiger partial charge in [-0.1, -0.05) is 20.8 Å². The Balaban J connectivity index is 4.31. The summed E-state index contributed by atoms with van der Waals surface area (Å²) in [6, 6.07) is 0. The van der Waals surface area contributed by atoms with Crippen molar-refractivity contribution in [2.24, 2.45) is 0 Å². The first-order valence-corrected chi connectivity index (χ1v) is 5.11. The molecule has 0 bridgehead atoms. The molecule has 0 aliphatic rings. The zero-order valence-electron chi connectivity index (χ0n) is 9.65. The lowest BCUT2D eigenvalue weighted by molar-refractivity contribution is -0.147. The molecule has 0 N–H and O–H groups in total. The maximum Gasteiger partial charge on any atom is 0.870 e. The Morgan fingerprint density at radius 3 is 1.19 bits per heavy atom. The SMILES string of the molecule is CCC(=O)OB(OC(=O)CC)OC(=O)CC. The van der Waals surface area contributed by atoms with E-state index in [4.69, 9.17) is 0 Å². The van der Waals surface area contributed by atoms with Crippen molar-refractivity contribution in [3.63, 3.8) is 0 Å². The highest BCUT2D eigenvalue weighted by atomic mass is 16.8. The van der Waals surface area contributed by atoms with Crippen LogP contribution in [-0.4, -0.2) is 25.2 Å². The van der Waals surface area contributed by atoms with Crippen LogP contribution in [0.15, 0.2) is 0 Å². The molecule has 0 aromatic rings. The lowest BCUT2D eigenvalue weighted by Gasteiger charge is -2.11. The van der Waals surface area contributed by atoms with E-state index in [0.29, 0.717) is 0 Å². The fourth-order valence-corrected chi connectivity index (χ4v) is 0.644. The topological polar surface area (TPSA) is 78.9 Å². The van der Waals surface area contributed by atoms with E-state index in [-0.39, 0.29) is 19.3 Å². The number of carbonyl (C=O) groups excluding carboxylic acids is 3. The van der Waals surface area contributed by atoms with Crippen molar-refractivity contribution in [2.45, 2.75) is 40.0 Å². The first kappa shape index (κ1) is 14.5. The van der Waals surface area contributed by atoms with Gasteiger partial charge in [-0.15, -0.1) is 0 Å². The Bertz CT molecular complexity index is 222. The van der Waals surface area contributed by atoms with E-state index in [2.05, 4.69) is 14.0 Å². The minimum atomic E-state index is -1.58. The third-order valence-corrected chi connectivity index (χ3v) is 1.55. The molecule has 0 spiro atoms. The fraction of sp³-hybridized carbons (Fsp3) is 0.667. The normalized spacial score (nSPS) is 9.19. The Morgan fingerprint density at radius 2 is 1.00 bits per heavy atom. The summed E-state index contributed by atoms with van der Waals surface area (Å²) >= 11 is 0. The summed E-state index contributed by atoms with van der Waals surface area (Å²) < 4.78 is 13.9. The van der Waals surface area contributed by atoms with Crippen molar-refractivity contribution in [3.05, 3.63) is 0 Å². The number of carbonyl (C=O) groups is 3. The fourth-order valence-electron chi connectivity index (χ4n) is 0.644. The van der Waals surface area contributed by atoms with Crippen LogP contribution in [0.5, 0.6) is 0 Å². The molecule has 0 aromatic carbocycles. The van der Waals surface area contributed by atoms with E-state index in [1.807, 2.05) is 0 Å². The molecule has 90 valence electrons. The van der Waals surface area contributed by atoms with Gasteiger partial charge >= 0.3 is 7.32 Å². The average molecular weight is 230 g/mol. The van der Waals surface area contributed by atoms with Gasteiger partial charge in [0.2, 0.25) is 0 Å². The van der Waals surface area contributed by atoms with Crippen LogP contribution < -0.4 is 0 Å². The highest BCUT2D eigenvalue weighted by Crippen LogP contribution is 2.00. The Morgan fingerprint density at radius 1 is 0.750 bits per heavy atom. The number of rotatable bonds is 6. The standard InChI is InChI=1S/C9H15BO6/c1-4-7(11)14-10(15-8(12)5-2)16-9(13)6-3/h4-6H2,1-3H3. The highest BCUT2D eigenvalue weighted by Gasteiger charge is 2.34. The van der Waals surface area contributed by atoms with Crippen LogP contribution in [0.25, 0.3) is 0 Å². The van der Waals surface area contributed by atoms with Crippen LogP contribution in [0.2, 0.25) is 0 Å². The van der Waals surface area contributed by atoms with Crippen molar-refractivity contribution in [1.82, 2.24) is 0 Å². The maximum absolute atomic E-state index is 11.0. The van der Waals surface area contributed by atoms with Gasteiger partial charge in [0.05, 0.1) is 0 Å². The average Bonchev–Trinajstić information content (AvgIpc) is 2.28. The second-order valence-electron chi connectivity index (χ2n) is 2.82. The summed E-state index contributed by atoms with van der Waals surface area (Å²) in [6.45, 7) is 4.72. The van der Waals surface area contributed by atoms with Crippen LogP contribution in [0, 0.1) is 0 Å². The maximum atomic E-state index is 11.0. The third-order valence-electron chi connectivity index (χ3n) is 1.55. The molecule has 0 rings (SSSR count). The zero-order chi connectivity index (χ0) is 12.6. The van der Waals surface area contributed by atoms with Crippen molar-refractivity contribution in [2.75, 3.05) is 0 Å². The molecule has 0 radical (unpaired) electrons. The van der Waals surface area contributed by atoms with Crippen LogP contribution in [0.1, 0.15) is 40.0 Å². The van der Waals surface area contributed by atoms with Crippen LogP contribution >= 0.6 is 0 Å². The second-order valence-corrected chi connectivity index (χ2v) is 2.82. The van der Waals surface area contributed by atoms with E-state index in [9.17, 15) is 14.4 Å². The van der Waals surface area contributed by atoms with E-state index in [1.54, 1.807) is 20.8 Å². The zero-order valence-corrected chi connectivity index (χ0v) is 9.65. The minimum absolute atomic E-state index is 0.101. The van der Waals surface area contributed by atoms with Gasteiger partial charge in [0.25, 0.3) is 17.9 Å². The molecule has 7 heteroatoms. The number of hydrogen-bond donors (Lipinski definition) is 0. The smallest absolute Gasteiger partial charge is 0.462 e. The lowest BCUT2D eigenvalue weighted by atomic mass is 10.2. The minimum Gasteiger partial charge on any atom is -0.462 e. The molecule has 0 amide bonds. The van der Waals surface area contributed by atoms with Gasteiger partial charge in [-0.05, 0) is 0 Å². The Kier molecular flexibility index (Phi) is 6.99. The number of hydrogen-bond acceptors (Lipinski definition) is 6. The summed E-state index contributed by atoms with van der Waals surface area (Å²) in [5.74, 6) is -1.84. The van der Waals surface area contributed by atoms with E-state index >= 15 is 0 Å². The Labute approximate surface area is 94.4 Å². The van der Waals surface area contributed by atoms with Crippen molar-refractivity contribution in [1.29, 1.82) is 0 Å². The monoisotopic (exact) mass is 230 g/mol. The molecule has 0 saturated heterocycles. The van der Waals surface area contributed by atoms with Crippen LogP contribution in [0.3, 0.4) is 0 Å². The molecule has 6 nitrogen and oxygen atoms in total. The molecular weight excluding hydrogens is 215 g/mol. The van der Waals surface area contributed by atoms with Crippen molar-refractivity contribution >= 4 is 25.2 Å². The summed E-state index contributed by atoms with van der Waals surface area (Å²) in [5, 5.41) is 0. The summed E-state index contributed by atoms with van der Waals surface area (Å²) in [6.07, 6.45) is 0.303. The lowest BCUT2D eigenvalue weighted by Crippen LogP contribution is -2.34. The van der Waals surface area contributed by atoms with Crippen LogP contribution in [0.4, 0.5) is 0 Å². The summed E-state index contributed by atoms with van der Waals surface area (Å²) in [4.78, 5) is 32.9. The Hall–Kier alpha value is -1.53. The molecule has 0 aromatic heterocycles. The highest BCUT2D eigenvalue weighted by molar-refractivity contribution is 6.44. The van der Waals surface area contributed by atoms with E-state index < -0.39 is 25.2 Å². The molecule has 0 saturated carbocycles. The quantitative estimate of drug-likeness (QED) is 0.628. The third kappa shape index (κ3) is 6.05. The predicted molar refractivity (Wildman–Crippen MR) is 54.9 cm³/mol. The van der Waals surface area contributed by atoms with E-state index in [0.717, 1.165) is 0 Å². The van der Waals surface area contributed by atoms with Gasteiger partial charge < -0.3 is 14.0 Å². The molecule has 0 aliphatic heterocycles. The summed E-state index contributed by atoms with van der Waals surface area (Å²) in [5.41, 5.74) is 0.